The minimum Gasteiger partial charge on any atom is -0.368 e. The third-order valence-corrected chi connectivity index (χ3v) is 8.52. The Kier molecular flexibility index (Phi) is 4.66. The van der Waals surface area contributed by atoms with Crippen molar-refractivity contribution in [3.8, 4) is 11.1 Å². The van der Waals surface area contributed by atoms with Gasteiger partial charge in [-0.25, -0.2) is 0 Å². The summed E-state index contributed by atoms with van der Waals surface area (Å²) in [5.41, 5.74) is 6.22. The van der Waals surface area contributed by atoms with E-state index in [1.807, 2.05) is 12.1 Å². The molecule has 0 spiro atoms. The smallest absolute Gasteiger partial charge is 0.0732 e. The largest absolute Gasteiger partial charge is 0.368 e. The van der Waals surface area contributed by atoms with Crippen molar-refractivity contribution in [3.05, 3.63) is 42.5 Å². The molecule has 7 heteroatoms. The fourth-order valence-electron chi connectivity index (χ4n) is 3.92. The summed E-state index contributed by atoms with van der Waals surface area (Å²) in [7, 11) is -0.204. The minimum absolute atomic E-state index is 0.473. The molecule has 2 fully saturated rings. The topological polar surface area (TPSA) is 50.2 Å². The molecule has 5 nitrogen and oxygen atoms in total. The Morgan fingerprint density at radius 2 is 1.64 bits per heavy atom. The summed E-state index contributed by atoms with van der Waals surface area (Å²) >= 11 is 1.81. The van der Waals surface area contributed by atoms with E-state index in [9.17, 15) is 9.11 Å². The van der Waals surface area contributed by atoms with Crippen LogP contribution in [0.4, 0.5) is 17.1 Å². The van der Waals surface area contributed by atoms with E-state index in [1.54, 1.807) is 0 Å². The molecular formula is C21H27N3O2S2. The maximum absolute atomic E-state index is 9.80. The summed E-state index contributed by atoms with van der Waals surface area (Å²) in [5, 5.41) is 0. The molecule has 1 saturated heterocycles. The zero-order valence-electron chi connectivity index (χ0n) is 16.1. The fourth-order valence-corrected chi connectivity index (χ4v) is 6.20. The Morgan fingerprint density at radius 1 is 0.964 bits per heavy atom. The first-order chi connectivity index (χ1) is 13.5. The quantitative estimate of drug-likeness (QED) is 0.671. The van der Waals surface area contributed by atoms with Crippen molar-refractivity contribution in [1.29, 1.82) is 0 Å². The predicted molar refractivity (Wildman–Crippen MR) is 123 cm³/mol. The molecule has 2 aliphatic heterocycles. The molecular weight excluding hydrogens is 390 g/mol. The first-order valence-electron chi connectivity index (χ1n) is 9.91. The van der Waals surface area contributed by atoms with Crippen molar-refractivity contribution in [2.75, 3.05) is 51.7 Å². The molecule has 150 valence electrons. The monoisotopic (exact) mass is 417 g/mol. The highest BCUT2D eigenvalue weighted by molar-refractivity contribution is 8.24. The normalized spacial score (nSPS) is 22.3. The summed E-state index contributed by atoms with van der Waals surface area (Å²) in [6.07, 6.45) is 2.74. The van der Waals surface area contributed by atoms with Gasteiger partial charge < -0.3 is 4.90 Å². The maximum Gasteiger partial charge on any atom is 0.0732 e. The van der Waals surface area contributed by atoms with Crippen molar-refractivity contribution in [3.63, 3.8) is 0 Å². The highest BCUT2D eigenvalue weighted by Crippen LogP contribution is 2.47. The Balaban J connectivity index is 1.33. The lowest BCUT2D eigenvalue weighted by atomic mass is 10.0. The van der Waals surface area contributed by atoms with Gasteiger partial charge in [0.25, 0.3) is 0 Å². The van der Waals surface area contributed by atoms with Gasteiger partial charge in [-0.15, -0.1) is 0 Å². The molecule has 0 amide bonds. The SMILES string of the molecule is CN1SN(CC2CC2)c2ccc(-c3ccc(N4CCS(O)(O)CC4)cc3)cc21. The van der Waals surface area contributed by atoms with E-state index in [2.05, 4.69) is 63.0 Å². The average Bonchev–Trinajstić information content (AvgIpc) is 3.46. The van der Waals surface area contributed by atoms with Crippen LogP contribution < -0.4 is 13.5 Å². The fraction of sp³-hybridized carbons (Fsp3) is 0.429. The molecule has 2 heterocycles. The van der Waals surface area contributed by atoms with E-state index in [0.717, 1.165) is 18.2 Å². The molecule has 0 atom stereocenters. The molecule has 2 N–H and O–H groups in total. The van der Waals surface area contributed by atoms with Gasteiger partial charge in [0.05, 0.1) is 35.0 Å². The van der Waals surface area contributed by atoms with Gasteiger partial charge in [-0.3, -0.25) is 17.7 Å². The van der Waals surface area contributed by atoms with Crippen molar-refractivity contribution in [2.24, 2.45) is 5.92 Å². The number of hydrogen-bond acceptors (Lipinski definition) is 6. The van der Waals surface area contributed by atoms with Crippen LogP contribution in [0.25, 0.3) is 11.1 Å². The van der Waals surface area contributed by atoms with Gasteiger partial charge in [0.2, 0.25) is 0 Å². The first-order valence-corrected chi connectivity index (χ1v) is 12.5. The van der Waals surface area contributed by atoms with E-state index in [1.165, 1.54) is 35.3 Å². The molecule has 2 aromatic rings. The Hall–Kier alpha value is -1.54. The minimum atomic E-state index is -2.35. The summed E-state index contributed by atoms with van der Waals surface area (Å²) in [5.74, 6) is 1.82. The van der Waals surface area contributed by atoms with Crippen molar-refractivity contribution < 1.29 is 9.11 Å². The molecule has 2 aromatic carbocycles. The molecule has 0 aromatic heterocycles. The van der Waals surface area contributed by atoms with Gasteiger partial charge in [0, 0.05) is 32.4 Å². The number of nitrogens with zero attached hydrogens (tertiary/aromatic N) is 3. The van der Waals surface area contributed by atoms with E-state index in [0.29, 0.717) is 24.6 Å². The van der Waals surface area contributed by atoms with Crippen LogP contribution in [0.2, 0.25) is 0 Å². The third kappa shape index (κ3) is 3.68. The maximum atomic E-state index is 9.80. The lowest BCUT2D eigenvalue weighted by molar-refractivity contribution is 0.479. The third-order valence-electron chi connectivity index (χ3n) is 5.87. The summed E-state index contributed by atoms with van der Waals surface area (Å²) in [4.78, 5) is 2.24. The number of benzene rings is 2. The van der Waals surface area contributed by atoms with Gasteiger partial charge in [0.15, 0.2) is 0 Å². The second-order valence-electron chi connectivity index (χ2n) is 8.03. The molecule has 0 unspecified atom stereocenters. The molecule has 0 bridgehead atoms. The molecule has 5 rings (SSSR count). The molecule has 3 aliphatic rings. The molecule has 0 radical (unpaired) electrons. The van der Waals surface area contributed by atoms with Crippen LogP contribution in [0.1, 0.15) is 12.8 Å². The Morgan fingerprint density at radius 3 is 2.32 bits per heavy atom. The predicted octanol–water partition coefficient (Wildman–Crippen LogP) is 5.15. The zero-order chi connectivity index (χ0) is 19.3. The summed E-state index contributed by atoms with van der Waals surface area (Å²) < 4.78 is 24.3. The Bertz CT molecular complexity index is 860. The number of anilines is 3. The van der Waals surface area contributed by atoms with Crippen LogP contribution in [0, 0.1) is 5.92 Å². The molecule has 28 heavy (non-hydrogen) atoms. The van der Waals surface area contributed by atoms with Crippen LogP contribution in [-0.2, 0) is 0 Å². The second-order valence-corrected chi connectivity index (χ2v) is 11.6. The van der Waals surface area contributed by atoms with Gasteiger partial charge >= 0.3 is 0 Å². The first kappa shape index (κ1) is 18.5. The lowest BCUT2D eigenvalue weighted by Gasteiger charge is -2.41. The number of rotatable bonds is 4. The van der Waals surface area contributed by atoms with Crippen molar-refractivity contribution in [1.82, 2.24) is 0 Å². The lowest BCUT2D eigenvalue weighted by Crippen LogP contribution is -2.38. The van der Waals surface area contributed by atoms with Gasteiger partial charge in [-0.05, 0) is 54.2 Å². The standard InChI is InChI=1S/C21H27N3O2S2/c1-22-21-14-18(6-9-20(21)24(27-22)15-16-2-3-16)17-4-7-19(8-5-17)23-10-12-28(25,26)13-11-23/h4-9,14,16,25-26H,2-3,10-13,15H2,1H3. The molecule has 1 aliphatic carbocycles. The average molecular weight is 418 g/mol. The van der Waals surface area contributed by atoms with Crippen molar-refractivity contribution >= 4 is 39.8 Å². The number of fused-ring (bicyclic) bond motifs is 1. The van der Waals surface area contributed by atoms with Crippen LogP contribution in [0.5, 0.6) is 0 Å². The van der Waals surface area contributed by atoms with E-state index in [-0.39, 0.29) is 0 Å². The van der Waals surface area contributed by atoms with Crippen molar-refractivity contribution in [2.45, 2.75) is 12.8 Å². The zero-order valence-corrected chi connectivity index (χ0v) is 17.8. The highest BCUT2D eigenvalue weighted by Gasteiger charge is 2.31. The van der Waals surface area contributed by atoms with Crippen LogP contribution in [-0.4, -0.2) is 47.3 Å². The van der Waals surface area contributed by atoms with Crippen LogP contribution in [0.3, 0.4) is 0 Å². The van der Waals surface area contributed by atoms with Crippen LogP contribution in [0.15, 0.2) is 42.5 Å². The van der Waals surface area contributed by atoms with E-state index < -0.39 is 10.6 Å². The molecule has 1 saturated carbocycles. The van der Waals surface area contributed by atoms with Gasteiger partial charge in [-0.2, -0.15) is 10.6 Å². The van der Waals surface area contributed by atoms with E-state index >= 15 is 0 Å². The summed E-state index contributed by atoms with van der Waals surface area (Å²) in [6.45, 7) is 2.56. The van der Waals surface area contributed by atoms with Gasteiger partial charge in [0.1, 0.15) is 0 Å². The highest BCUT2D eigenvalue weighted by atomic mass is 32.3. The van der Waals surface area contributed by atoms with E-state index in [4.69, 9.17) is 0 Å². The number of hydrogen-bond donors (Lipinski definition) is 2. The summed E-state index contributed by atoms with van der Waals surface area (Å²) in [6, 6.07) is 15.4. The van der Waals surface area contributed by atoms with Gasteiger partial charge in [-0.1, -0.05) is 18.2 Å². The van der Waals surface area contributed by atoms with Crippen LogP contribution >= 0.6 is 22.7 Å². The second kappa shape index (κ2) is 7.06. The Labute approximate surface area is 172 Å².